The number of carbonyl (C=O) groups is 1. The van der Waals surface area contributed by atoms with E-state index in [2.05, 4.69) is 20.4 Å². The van der Waals surface area contributed by atoms with E-state index in [4.69, 9.17) is 0 Å². The summed E-state index contributed by atoms with van der Waals surface area (Å²) < 4.78 is 3.58. The maximum Gasteiger partial charge on any atom is 0.243 e. The summed E-state index contributed by atoms with van der Waals surface area (Å²) in [5.41, 5.74) is 3.78. The summed E-state index contributed by atoms with van der Waals surface area (Å²) in [6.45, 7) is 2.34. The molecule has 7 nitrogen and oxygen atoms in total. The Morgan fingerprint density at radius 3 is 2.69 bits per heavy atom. The molecule has 130 valence electrons. The first-order valence-electron chi connectivity index (χ1n) is 8.35. The maximum absolute atomic E-state index is 12.5. The summed E-state index contributed by atoms with van der Waals surface area (Å²) in [5.74, 6) is -0.0477. The quantitative estimate of drug-likeness (QED) is 0.602. The van der Waals surface area contributed by atoms with Crippen molar-refractivity contribution in [2.24, 2.45) is 0 Å². The van der Waals surface area contributed by atoms with E-state index < -0.39 is 0 Å². The van der Waals surface area contributed by atoms with Gasteiger partial charge in [0.05, 0.1) is 23.0 Å². The molecule has 0 saturated carbocycles. The second kappa shape index (κ2) is 6.79. The second-order valence-electron chi connectivity index (χ2n) is 6.04. The smallest absolute Gasteiger partial charge is 0.243 e. The minimum atomic E-state index is -0.336. The van der Waals surface area contributed by atoms with Gasteiger partial charge in [0, 0.05) is 6.54 Å². The fourth-order valence-corrected chi connectivity index (χ4v) is 2.86. The average Bonchev–Trinajstić information content (AvgIpc) is 3.36. The Morgan fingerprint density at radius 1 is 1.12 bits per heavy atom. The van der Waals surface area contributed by atoms with Gasteiger partial charge in [-0.3, -0.25) is 4.79 Å². The number of nitrogens with zero attached hydrogens (tertiary/aromatic N) is 5. The lowest BCUT2D eigenvalue weighted by Gasteiger charge is -2.15. The Bertz CT molecular complexity index is 1020. The zero-order chi connectivity index (χ0) is 17.9. The van der Waals surface area contributed by atoms with Gasteiger partial charge in [0.15, 0.2) is 0 Å². The number of carbonyl (C=O) groups excluding carboxylic acids is 1. The van der Waals surface area contributed by atoms with Crippen LogP contribution in [0.15, 0.2) is 67.5 Å². The van der Waals surface area contributed by atoms with Gasteiger partial charge in [-0.25, -0.2) is 14.6 Å². The van der Waals surface area contributed by atoms with E-state index in [1.54, 1.807) is 17.3 Å². The van der Waals surface area contributed by atoms with Crippen molar-refractivity contribution in [3.63, 3.8) is 0 Å². The van der Waals surface area contributed by atoms with Crippen LogP contribution in [0, 0.1) is 0 Å². The zero-order valence-corrected chi connectivity index (χ0v) is 14.3. The molecule has 0 spiro atoms. The molecule has 2 aromatic heterocycles. The van der Waals surface area contributed by atoms with Gasteiger partial charge >= 0.3 is 0 Å². The van der Waals surface area contributed by atoms with Crippen LogP contribution < -0.4 is 5.32 Å². The van der Waals surface area contributed by atoms with E-state index in [0.717, 1.165) is 22.3 Å². The van der Waals surface area contributed by atoms with Gasteiger partial charge in [-0.15, -0.1) is 0 Å². The topological polar surface area (TPSA) is 77.6 Å². The van der Waals surface area contributed by atoms with E-state index in [9.17, 15) is 4.79 Å². The molecular formula is C19H18N6O. The molecule has 1 amide bonds. The lowest BCUT2D eigenvalue weighted by atomic mass is 10.2. The van der Waals surface area contributed by atoms with E-state index in [0.29, 0.717) is 6.54 Å². The third kappa shape index (κ3) is 3.06. The van der Waals surface area contributed by atoms with Crippen molar-refractivity contribution >= 4 is 16.9 Å². The molecular weight excluding hydrogens is 328 g/mol. The summed E-state index contributed by atoms with van der Waals surface area (Å²) in [6.07, 6.45) is 4.85. The molecule has 1 N–H and O–H groups in total. The van der Waals surface area contributed by atoms with Crippen LogP contribution in [0.4, 0.5) is 0 Å². The molecule has 26 heavy (non-hydrogen) atoms. The second-order valence-corrected chi connectivity index (χ2v) is 6.04. The van der Waals surface area contributed by atoms with Gasteiger partial charge in [-0.05, 0) is 36.8 Å². The molecule has 2 aromatic carbocycles. The predicted octanol–water partition coefficient (Wildman–Crippen LogP) is 2.49. The maximum atomic E-state index is 12.5. The van der Waals surface area contributed by atoms with Crippen molar-refractivity contribution in [1.82, 2.24) is 29.6 Å². The van der Waals surface area contributed by atoms with Crippen LogP contribution in [-0.2, 0) is 11.3 Å². The SMILES string of the molecule is C[C@@H](C(=O)NCc1ccc(-n2cncn2)cc1)n1cnc2ccccc21. The third-order valence-corrected chi connectivity index (χ3v) is 4.36. The number of nitrogens with one attached hydrogen (secondary N) is 1. The van der Waals surface area contributed by atoms with Crippen LogP contribution >= 0.6 is 0 Å². The van der Waals surface area contributed by atoms with Crippen LogP contribution in [0.25, 0.3) is 16.7 Å². The molecule has 4 rings (SSSR count). The van der Waals surface area contributed by atoms with Crippen LogP contribution in [0.3, 0.4) is 0 Å². The highest BCUT2D eigenvalue weighted by molar-refractivity contribution is 5.83. The Morgan fingerprint density at radius 2 is 1.92 bits per heavy atom. The number of benzene rings is 2. The van der Waals surface area contributed by atoms with Crippen LogP contribution in [0.2, 0.25) is 0 Å². The van der Waals surface area contributed by atoms with E-state index >= 15 is 0 Å². The molecule has 0 aliphatic heterocycles. The number of rotatable bonds is 5. The largest absolute Gasteiger partial charge is 0.350 e. The van der Waals surface area contributed by atoms with E-state index in [1.165, 1.54) is 6.33 Å². The first-order chi connectivity index (χ1) is 12.7. The van der Waals surface area contributed by atoms with Crippen molar-refractivity contribution in [2.75, 3.05) is 0 Å². The number of amides is 1. The standard InChI is InChI=1S/C19H18N6O/c1-14(24-13-22-17-4-2-3-5-18(17)24)19(26)21-10-15-6-8-16(9-7-15)25-12-20-11-23-25/h2-9,11-14H,10H2,1H3,(H,21,26)/t14-/m0/s1. The number of hydrogen-bond acceptors (Lipinski definition) is 4. The predicted molar refractivity (Wildman–Crippen MR) is 97.6 cm³/mol. The number of hydrogen-bond donors (Lipinski definition) is 1. The lowest BCUT2D eigenvalue weighted by molar-refractivity contribution is -0.123. The molecule has 0 aliphatic carbocycles. The summed E-state index contributed by atoms with van der Waals surface area (Å²) in [7, 11) is 0. The van der Waals surface area contributed by atoms with E-state index in [1.807, 2.05) is 60.0 Å². The number of imidazole rings is 1. The average molecular weight is 346 g/mol. The number of aromatic nitrogens is 5. The Hall–Kier alpha value is -3.48. The molecule has 1 atom stereocenters. The van der Waals surface area contributed by atoms with E-state index in [-0.39, 0.29) is 11.9 Å². The van der Waals surface area contributed by atoms with Gasteiger partial charge in [0.25, 0.3) is 0 Å². The Balaban J connectivity index is 1.42. The summed E-state index contributed by atoms with van der Waals surface area (Å²) in [5, 5.41) is 7.08. The number of fused-ring (bicyclic) bond motifs is 1. The highest BCUT2D eigenvalue weighted by Crippen LogP contribution is 2.17. The highest BCUT2D eigenvalue weighted by atomic mass is 16.2. The minimum absolute atomic E-state index is 0.0477. The van der Waals surface area contributed by atoms with Gasteiger partial charge in [0.2, 0.25) is 5.91 Å². The molecule has 7 heteroatoms. The summed E-state index contributed by atoms with van der Waals surface area (Å²) in [6, 6.07) is 15.3. The first-order valence-corrected chi connectivity index (χ1v) is 8.35. The van der Waals surface area contributed by atoms with Crippen molar-refractivity contribution in [2.45, 2.75) is 19.5 Å². The Kier molecular flexibility index (Phi) is 4.18. The number of para-hydroxylation sites is 2. The normalized spacial score (nSPS) is 12.2. The molecule has 0 radical (unpaired) electrons. The highest BCUT2D eigenvalue weighted by Gasteiger charge is 2.16. The molecule has 0 unspecified atom stereocenters. The summed E-state index contributed by atoms with van der Waals surface area (Å²) in [4.78, 5) is 20.8. The third-order valence-electron chi connectivity index (χ3n) is 4.36. The van der Waals surface area contributed by atoms with Crippen molar-refractivity contribution < 1.29 is 4.79 Å². The minimum Gasteiger partial charge on any atom is -0.350 e. The monoisotopic (exact) mass is 346 g/mol. The van der Waals surface area contributed by atoms with Crippen molar-refractivity contribution in [3.05, 3.63) is 73.1 Å². The molecule has 0 saturated heterocycles. The van der Waals surface area contributed by atoms with Gasteiger partial charge in [-0.2, -0.15) is 5.10 Å². The van der Waals surface area contributed by atoms with Gasteiger partial charge in [-0.1, -0.05) is 24.3 Å². The summed E-state index contributed by atoms with van der Waals surface area (Å²) >= 11 is 0. The molecule has 0 fully saturated rings. The lowest BCUT2D eigenvalue weighted by Crippen LogP contribution is -2.30. The van der Waals surface area contributed by atoms with Crippen molar-refractivity contribution in [1.29, 1.82) is 0 Å². The van der Waals surface area contributed by atoms with Gasteiger partial charge in [0.1, 0.15) is 18.7 Å². The van der Waals surface area contributed by atoms with Crippen LogP contribution in [0.5, 0.6) is 0 Å². The van der Waals surface area contributed by atoms with Crippen molar-refractivity contribution in [3.8, 4) is 5.69 Å². The van der Waals surface area contributed by atoms with Gasteiger partial charge < -0.3 is 9.88 Å². The molecule has 0 bridgehead atoms. The van der Waals surface area contributed by atoms with Crippen LogP contribution in [0.1, 0.15) is 18.5 Å². The first kappa shape index (κ1) is 16.0. The Labute approximate surface area is 150 Å². The molecule has 2 heterocycles. The van der Waals surface area contributed by atoms with Crippen LogP contribution in [-0.4, -0.2) is 30.2 Å². The zero-order valence-electron chi connectivity index (χ0n) is 14.3. The molecule has 4 aromatic rings. The fraction of sp³-hybridized carbons (Fsp3) is 0.158. The molecule has 0 aliphatic rings. The fourth-order valence-electron chi connectivity index (χ4n) is 2.86.